The van der Waals surface area contributed by atoms with E-state index in [1.54, 1.807) is 0 Å². The summed E-state index contributed by atoms with van der Waals surface area (Å²) < 4.78 is 0. The van der Waals surface area contributed by atoms with Crippen LogP contribution in [0.15, 0.2) is 46.9 Å². The fourth-order valence-corrected chi connectivity index (χ4v) is 3.08. The van der Waals surface area contributed by atoms with E-state index in [1.807, 2.05) is 21.6 Å². The van der Waals surface area contributed by atoms with Gasteiger partial charge in [0.2, 0.25) is 0 Å². The van der Waals surface area contributed by atoms with Gasteiger partial charge in [-0.15, -0.1) is 0 Å². The van der Waals surface area contributed by atoms with Crippen molar-refractivity contribution in [3.63, 3.8) is 0 Å². The highest BCUT2D eigenvalue weighted by Crippen LogP contribution is 2.40. The fourth-order valence-electron chi connectivity index (χ4n) is 1.01. The highest BCUT2D eigenvalue weighted by atomic mass is 33.1. The molecule has 56 valence electrons. The summed E-state index contributed by atoms with van der Waals surface area (Å²) in [7, 11) is 3.76. The van der Waals surface area contributed by atoms with E-state index in [1.165, 1.54) is 10.5 Å². The topological polar surface area (TPSA) is 0 Å². The summed E-state index contributed by atoms with van der Waals surface area (Å²) >= 11 is 0. The second kappa shape index (κ2) is 3.37. The Morgan fingerprint density at radius 3 is 3.18 bits per heavy atom. The number of rotatable bonds is 0. The van der Waals surface area contributed by atoms with Gasteiger partial charge in [0.15, 0.2) is 0 Å². The lowest BCUT2D eigenvalue weighted by Crippen LogP contribution is -1.86. The van der Waals surface area contributed by atoms with Gasteiger partial charge in [-0.25, -0.2) is 0 Å². The van der Waals surface area contributed by atoms with E-state index < -0.39 is 0 Å². The molecule has 0 aromatic carbocycles. The number of hydrogen-bond acceptors (Lipinski definition) is 2. The summed E-state index contributed by atoms with van der Waals surface area (Å²) in [6, 6.07) is 0. The molecule has 1 heterocycles. The smallest absolute Gasteiger partial charge is 0.0252 e. The van der Waals surface area contributed by atoms with Crippen LogP contribution in [0.2, 0.25) is 0 Å². The van der Waals surface area contributed by atoms with E-state index in [0.29, 0.717) is 0 Å². The Bertz CT molecular complexity index is 269. The number of fused-ring (bicyclic) bond motifs is 1. The molecule has 0 amide bonds. The second-order valence-electron chi connectivity index (χ2n) is 2.30. The van der Waals surface area contributed by atoms with Gasteiger partial charge >= 0.3 is 0 Å². The first-order valence-electron chi connectivity index (χ1n) is 3.52. The Morgan fingerprint density at radius 2 is 2.18 bits per heavy atom. The molecular formula is C9H8S2. The molecular weight excluding hydrogens is 172 g/mol. The van der Waals surface area contributed by atoms with Gasteiger partial charge in [0.05, 0.1) is 0 Å². The van der Waals surface area contributed by atoms with E-state index in [2.05, 4.69) is 36.5 Å². The monoisotopic (exact) mass is 180 g/mol. The van der Waals surface area contributed by atoms with Crippen molar-refractivity contribution in [3.05, 3.63) is 46.9 Å². The van der Waals surface area contributed by atoms with Crippen molar-refractivity contribution in [3.8, 4) is 0 Å². The lowest BCUT2D eigenvalue weighted by atomic mass is 10.2. The van der Waals surface area contributed by atoms with E-state index >= 15 is 0 Å². The molecule has 0 aromatic heterocycles. The zero-order valence-electron chi connectivity index (χ0n) is 5.99. The Kier molecular flexibility index (Phi) is 2.24. The molecule has 1 aliphatic carbocycles. The fraction of sp³-hybridized carbons (Fsp3) is 0.111. The van der Waals surface area contributed by atoms with Gasteiger partial charge in [-0.05, 0) is 11.6 Å². The molecule has 0 radical (unpaired) electrons. The molecule has 0 atom stereocenters. The van der Waals surface area contributed by atoms with Crippen molar-refractivity contribution in [1.82, 2.24) is 0 Å². The van der Waals surface area contributed by atoms with Crippen LogP contribution in [-0.2, 0) is 0 Å². The molecule has 0 spiro atoms. The average Bonchev–Trinajstić information content (AvgIpc) is 2.28. The molecule has 0 unspecified atom stereocenters. The molecule has 0 saturated carbocycles. The average molecular weight is 180 g/mol. The van der Waals surface area contributed by atoms with Crippen molar-refractivity contribution in [2.24, 2.45) is 0 Å². The third kappa shape index (κ3) is 1.63. The summed E-state index contributed by atoms with van der Waals surface area (Å²) in [6.45, 7) is 0. The van der Waals surface area contributed by atoms with Gasteiger partial charge in [-0.3, -0.25) is 0 Å². The summed E-state index contributed by atoms with van der Waals surface area (Å²) in [6.07, 6.45) is 12.9. The molecule has 2 aliphatic rings. The number of hydrogen-bond donors (Lipinski definition) is 0. The van der Waals surface area contributed by atoms with Crippen LogP contribution in [0.1, 0.15) is 0 Å². The SMILES string of the molecule is C1=CC=C2SSCC=C2C=C1. The minimum Gasteiger partial charge on any atom is -0.0847 e. The lowest BCUT2D eigenvalue weighted by Gasteiger charge is -2.10. The van der Waals surface area contributed by atoms with Crippen molar-refractivity contribution >= 4 is 21.6 Å². The van der Waals surface area contributed by atoms with Crippen LogP contribution in [0, 0.1) is 0 Å². The van der Waals surface area contributed by atoms with Crippen molar-refractivity contribution in [2.75, 3.05) is 5.75 Å². The molecule has 2 rings (SSSR count). The molecule has 0 bridgehead atoms. The van der Waals surface area contributed by atoms with Gasteiger partial charge in [-0.1, -0.05) is 52.0 Å². The molecule has 11 heavy (non-hydrogen) atoms. The largest absolute Gasteiger partial charge is 0.0847 e. The van der Waals surface area contributed by atoms with Gasteiger partial charge in [-0.2, -0.15) is 0 Å². The van der Waals surface area contributed by atoms with Crippen molar-refractivity contribution < 1.29 is 0 Å². The highest BCUT2D eigenvalue weighted by molar-refractivity contribution is 8.78. The predicted molar refractivity (Wildman–Crippen MR) is 54.5 cm³/mol. The summed E-state index contributed by atoms with van der Waals surface area (Å²) in [5.74, 6) is 1.13. The third-order valence-electron chi connectivity index (χ3n) is 1.55. The van der Waals surface area contributed by atoms with Crippen LogP contribution in [-0.4, -0.2) is 5.75 Å². The first kappa shape index (κ1) is 7.32. The maximum atomic E-state index is 2.27. The molecule has 1 aliphatic heterocycles. The van der Waals surface area contributed by atoms with Gasteiger partial charge in [0.1, 0.15) is 0 Å². The summed E-state index contributed by atoms with van der Waals surface area (Å²) in [5, 5.41) is 0. The number of allylic oxidation sites excluding steroid dienone is 6. The minimum atomic E-state index is 1.13. The summed E-state index contributed by atoms with van der Waals surface area (Å²) in [5.41, 5.74) is 1.37. The van der Waals surface area contributed by atoms with Gasteiger partial charge < -0.3 is 0 Å². The van der Waals surface area contributed by atoms with E-state index in [0.717, 1.165) is 5.75 Å². The van der Waals surface area contributed by atoms with Gasteiger partial charge in [0, 0.05) is 10.7 Å². The quantitative estimate of drug-likeness (QED) is 0.524. The maximum Gasteiger partial charge on any atom is 0.0252 e. The molecule has 2 heteroatoms. The Labute approximate surface area is 74.5 Å². The first-order valence-corrected chi connectivity index (χ1v) is 5.84. The zero-order valence-corrected chi connectivity index (χ0v) is 7.62. The molecule has 0 aromatic rings. The predicted octanol–water partition coefficient (Wildman–Crippen LogP) is 3.32. The Balaban J connectivity index is 2.38. The van der Waals surface area contributed by atoms with E-state index in [4.69, 9.17) is 0 Å². The zero-order chi connectivity index (χ0) is 7.52. The molecule has 0 saturated heterocycles. The second-order valence-corrected chi connectivity index (χ2v) is 4.68. The Morgan fingerprint density at radius 1 is 1.18 bits per heavy atom. The van der Waals surface area contributed by atoms with Crippen molar-refractivity contribution in [2.45, 2.75) is 0 Å². The molecule has 0 fully saturated rings. The third-order valence-corrected chi connectivity index (χ3v) is 3.82. The van der Waals surface area contributed by atoms with Crippen LogP contribution in [0.3, 0.4) is 0 Å². The van der Waals surface area contributed by atoms with Crippen LogP contribution in [0.5, 0.6) is 0 Å². The summed E-state index contributed by atoms with van der Waals surface area (Å²) in [4.78, 5) is 1.38. The lowest BCUT2D eigenvalue weighted by molar-refractivity contribution is 1.60. The van der Waals surface area contributed by atoms with Crippen molar-refractivity contribution in [1.29, 1.82) is 0 Å². The molecule has 0 N–H and O–H groups in total. The van der Waals surface area contributed by atoms with E-state index in [9.17, 15) is 0 Å². The first-order chi connectivity index (χ1) is 5.47. The van der Waals surface area contributed by atoms with Crippen LogP contribution in [0.25, 0.3) is 0 Å². The normalized spacial score (nSPS) is 21.8. The van der Waals surface area contributed by atoms with Crippen LogP contribution < -0.4 is 0 Å². The minimum absolute atomic E-state index is 1.13. The van der Waals surface area contributed by atoms with E-state index in [-0.39, 0.29) is 0 Å². The maximum absolute atomic E-state index is 2.27. The Hall–Kier alpha value is -0.340. The van der Waals surface area contributed by atoms with Crippen LogP contribution >= 0.6 is 21.6 Å². The molecule has 0 nitrogen and oxygen atoms in total. The van der Waals surface area contributed by atoms with Gasteiger partial charge in [0.25, 0.3) is 0 Å². The van der Waals surface area contributed by atoms with Crippen LogP contribution in [0.4, 0.5) is 0 Å². The standard InChI is InChI=1S/C9H8S2/c1-2-4-8-6-7-10-11-9(8)5-3-1/h1-6H,7H2. The highest BCUT2D eigenvalue weighted by Gasteiger charge is 2.08.